The molecule has 2 heterocycles. The van der Waals surface area contributed by atoms with Crippen molar-refractivity contribution in [3.8, 4) is 0 Å². The summed E-state index contributed by atoms with van der Waals surface area (Å²) in [5, 5.41) is 6.81. The van der Waals surface area contributed by atoms with Crippen LogP contribution in [0.2, 0.25) is 0 Å². The van der Waals surface area contributed by atoms with Crippen molar-refractivity contribution >= 4 is 41.0 Å². The van der Waals surface area contributed by atoms with Crippen molar-refractivity contribution in [1.82, 2.24) is 20.2 Å². The Labute approximate surface area is 201 Å². The van der Waals surface area contributed by atoms with E-state index in [4.69, 9.17) is 14.1 Å². The van der Waals surface area contributed by atoms with Crippen LogP contribution in [-0.4, -0.2) is 48.4 Å². The fraction of sp³-hybridized carbons (Fsp3) is 0.478. The zero-order valence-electron chi connectivity index (χ0n) is 18.5. The van der Waals surface area contributed by atoms with E-state index in [1.54, 1.807) is 6.26 Å². The van der Waals surface area contributed by atoms with Crippen molar-refractivity contribution in [3.63, 3.8) is 0 Å². The summed E-state index contributed by atoms with van der Waals surface area (Å²) in [6.45, 7) is 8.84. The first-order chi connectivity index (χ1) is 14.8. The van der Waals surface area contributed by atoms with Crippen molar-refractivity contribution in [2.24, 2.45) is 4.99 Å². The highest BCUT2D eigenvalue weighted by molar-refractivity contribution is 14.0. The summed E-state index contributed by atoms with van der Waals surface area (Å²) in [7, 11) is 0. The number of hydrogen-bond donors (Lipinski definition) is 2. The highest BCUT2D eigenvalue weighted by Crippen LogP contribution is 2.15. The second kappa shape index (κ2) is 14.1. The lowest BCUT2D eigenvalue weighted by atomic mass is 10.3. The minimum absolute atomic E-state index is 0. The SMILES string of the molecule is CCOCCCNC(=NCCCn1c(C)nc2ccccc21)NCCc1ccco1.I. The molecule has 0 radical (unpaired) electrons. The molecule has 0 saturated carbocycles. The van der Waals surface area contributed by atoms with E-state index < -0.39 is 0 Å². The number of rotatable bonds is 12. The van der Waals surface area contributed by atoms with E-state index in [-0.39, 0.29) is 24.0 Å². The lowest BCUT2D eigenvalue weighted by Gasteiger charge is -2.12. The summed E-state index contributed by atoms with van der Waals surface area (Å²) < 4.78 is 13.1. The molecule has 0 fully saturated rings. The molecule has 0 spiro atoms. The van der Waals surface area contributed by atoms with Gasteiger partial charge in [-0.2, -0.15) is 0 Å². The van der Waals surface area contributed by atoms with Crippen molar-refractivity contribution in [2.45, 2.75) is 39.7 Å². The number of halogens is 1. The normalized spacial score (nSPS) is 11.5. The highest BCUT2D eigenvalue weighted by Gasteiger charge is 2.06. The minimum Gasteiger partial charge on any atom is -0.469 e. The lowest BCUT2D eigenvalue weighted by molar-refractivity contribution is 0.145. The Balaban J connectivity index is 0.00000341. The molecule has 170 valence electrons. The van der Waals surface area contributed by atoms with Crippen LogP contribution in [0.3, 0.4) is 0 Å². The van der Waals surface area contributed by atoms with Gasteiger partial charge in [-0.1, -0.05) is 12.1 Å². The second-order valence-electron chi connectivity index (χ2n) is 7.12. The number of aryl methyl sites for hydroxylation is 2. The molecule has 8 heteroatoms. The molecule has 0 amide bonds. The summed E-state index contributed by atoms with van der Waals surface area (Å²) in [5.74, 6) is 2.86. The van der Waals surface area contributed by atoms with Gasteiger partial charge in [-0.3, -0.25) is 4.99 Å². The van der Waals surface area contributed by atoms with Crippen LogP contribution in [-0.2, 0) is 17.7 Å². The number of hydrogen-bond acceptors (Lipinski definition) is 4. The molecular formula is C23H34IN5O2. The molecule has 3 aromatic rings. The van der Waals surface area contributed by atoms with Crippen molar-refractivity contribution in [1.29, 1.82) is 0 Å². The zero-order chi connectivity index (χ0) is 21.0. The largest absolute Gasteiger partial charge is 0.469 e. The number of ether oxygens (including phenoxy) is 1. The predicted molar refractivity (Wildman–Crippen MR) is 136 cm³/mol. The number of nitrogens with one attached hydrogen (secondary N) is 2. The van der Waals surface area contributed by atoms with E-state index in [0.29, 0.717) is 0 Å². The molecular weight excluding hydrogens is 505 g/mol. The summed E-state index contributed by atoms with van der Waals surface area (Å²) in [4.78, 5) is 9.40. The van der Waals surface area contributed by atoms with Gasteiger partial charge in [0, 0.05) is 45.8 Å². The summed E-state index contributed by atoms with van der Waals surface area (Å²) >= 11 is 0. The number of guanidine groups is 1. The number of aliphatic imine (C=N–C) groups is 1. The minimum atomic E-state index is 0. The maximum atomic E-state index is 5.41. The standard InChI is InChI=1S/C23H33N5O2.HI/c1-3-29-17-8-14-25-23(26-15-12-20-9-6-18-30-20)24-13-7-16-28-19(2)27-21-10-4-5-11-22(21)28;/h4-6,9-11,18H,3,7-8,12-17H2,1-2H3,(H2,24,25,26);1H. The fourth-order valence-electron chi connectivity index (χ4n) is 3.36. The van der Waals surface area contributed by atoms with Crippen LogP contribution < -0.4 is 10.6 Å². The highest BCUT2D eigenvalue weighted by atomic mass is 127. The zero-order valence-corrected chi connectivity index (χ0v) is 20.8. The molecule has 2 N–H and O–H groups in total. The first kappa shape index (κ1) is 25.2. The molecule has 0 aliphatic rings. The Morgan fingerprint density at radius 1 is 1.13 bits per heavy atom. The second-order valence-corrected chi connectivity index (χ2v) is 7.12. The van der Waals surface area contributed by atoms with Crippen LogP contribution in [0.25, 0.3) is 11.0 Å². The Morgan fingerprint density at radius 3 is 2.77 bits per heavy atom. The van der Waals surface area contributed by atoms with Gasteiger partial charge in [0.05, 0.1) is 17.3 Å². The van der Waals surface area contributed by atoms with Gasteiger partial charge in [0.2, 0.25) is 0 Å². The lowest BCUT2D eigenvalue weighted by Crippen LogP contribution is -2.39. The number of fused-ring (bicyclic) bond motifs is 1. The van der Waals surface area contributed by atoms with Gasteiger partial charge in [-0.15, -0.1) is 24.0 Å². The average molecular weight is 539 g/mol. The summed E-state index contributed by atoms with van der Waals surface area (Å²) in [6.07, 6.45) is 4.43. The number of para-hydroxylation sites is 2. The molecule has 0 atom stereocenters. The third kappa shape index (κ3) is 8.17. The molecule has 0 unspecified atom stereocenters. The molecule has 31 heavy (non-hydrogen) atoms. The third-order valence-electron chi connectivity index (χ3n) is 4.86. The topological polar surface area (TPSA) is 76.6 Å². The molecule has 0 aliphatic carbocycles. The Kier molecular flexibility index (Phi) is 11.4. The van der Waals surface area contributed by atoms with E-state index in [2.05, 4.69) is 45.3 Å². The quantitative estimate of drug-likeness (QED) is 0.157. The van der Waals surface area contributed by atoms with Crippen LogP contribution >= 0.6 is 24.0 Å². The van der Waals surface area contributed by atoms with Crippen LogP contribution in [0.4, 0.5) is 0 Å². The number of furan rings is 1. The predicted octanol–water partition coefficient (Wildman–Crippen LogP) is 4.15. The van der Waals surface area contributed by atoms with Crippen molar-refractivity contribution < 1.29 is 9.15 Å². The number of nitrogens with zero attached hydrogens (tertiary/aromatic N) is 3. The van der Waals surface area contributed by atoms with E-state index >= 15 is 0 Å². The van der Waals surface area contributed by atoms with Gasteiger partial charge in [-0.25, -0.2) is 4.98 Å². The molecule has 2 aromatic heterocycles. The van der Waals surface area contributed by atoms with Crippen molar-refractivity contribution in [3.05, 3.63) is 54.2 Å². The van der Waals surface area contributed by atoms with E-state index in [0.717, 1.165) is 81.7 Å². The van der Waals surface area contributed by atoms with Gasteiger partial charge in [0.1, 0.15) is 11.6 Å². The first-order valence-electron chi connectivity index (χ1n) is 10.8. The van der Waals surface area contributed by atoms with Gasteiger partial charge < -0.3 is 24.4 Å². The van der Waals surface area contributed by atoms with Crippen LogP contribution in [0.1, 0.15) is 31.4 Å². The molecule has 1 aromatic carbocycles. The molecule has 0 saturated heterocycles. The number of benzene rings is 1. The smallest absolute Gasteiger partial charge is 0.191 e. The van der Waals surface area contributed by atoms with Gasteiger partial charge in [0.15, 0.2) is 5.96 Å². The first-order valence-corrected chi connectivity index (χ1v) is 10.8. The summed E-state index contributed by atoms with van der Waals surface area (Å²) in [6, 6.07) is 12.2. The van der Waals surface area contributed by atoms with E-state index in [1.807, 2.05) is 25.1 Å². The maximum absolute atomic E-state index is 5.41. The third-order valence-corrected chi connectivity index (χ3v) is 4.86. The average Bonchev–Trinajstić information content (AvgIpc) is 3.38. The number of imidazole rings is 1. The number of aromatic nitrogens is 2. The van der Waals surface area contributed by atoms with E-state index in [1.165, 1.54) is 5.52 Å². The molecule has 0 bridgehead atoms. The molecule has 7 nitrogen and oxygen atoms in total. The maximum Gasteiger partial charge on any atom is 0.191 e. The Morgan fingerprint density at radius 2 is 1.97 bits per heavy atom. The summed E-state index contributed by atoms with van der Waals surface area (Å²) in [5.41, 5.74) is 2.24. The van der Waals surface area contributed by atoms with Crippen molar-refractivity contribution in [2.75, 3.05) is 32.8 Å². The van der Waals surface area contributed by atoms with Gasteiger partial charge in [-0.05, 0) is 51.0 Å². The van der Waals surface area contributed by atoms with E-state index in [9.17, 15) is 0 Å². The van der Waals surface area contributed by atoms with Crippen LogP contribution in [0.5, 0.6) is 0 Å². The van der Waals surface area contributed by atoms with Crippen LogP contribution in [0, 0.1) is 6.92 Å². The Bertz CT molecular complexity index is 908. The Hall–Kier alpha value is -2.07. The molecule has 0 aliphatic heterocycles. The van der Waals surface area contributed by atoms with Crippen LogP contribution in [0.15, 0.2) is 52.1 Å². The van der Waals surface area contributed by atoms with Gasteiger partial charge >= 0.3 is 0 Å². The monoisotopic (exact) mass is 539 g/mol. The fourth-order valence-corrected chi connectivity index (χ4v) is 3.36. The van der Waals surface area contributed by atoms with Gasteiger partial charge in [0.25, 0.3) is 0 Å². The molecule has 3 rings (SSSR count).